The summed E-state index contributed by atoms with van der Waals surface area (Å²) in [5.41, 5.74) is 0.286. The largest absolute Gasteiger partial charge is 0.462 e. The normalized spacial score (nSPS) is 12.6. The molecule has 2 unspecified atom stereocenters. The number of ether oxygens (including phenoxy) is 2. The van der Waals surface area contributed by atoms with Crippen LogP contribution < -0.4 is 20.7 Å². The molecular weight excluding hydrogens is 739 g/mol. The van der Waals surface area contributed by atoms with E-state index in [9.17, 15) is 19.2 Å². The SMILES string of the molecule is CCCCCCCCC(CCCCCCC)OC(=O)CCCCCCCN(CCCCCCCC(=O)OC(CC)CCCCC)CCCN(C)c1c(N(C)C)c(=O)c1=O. The van der Waals surface area contributed by atoms with Crippen molar-refractivity contribution in [1.82, 2.24) is 4.90 Å². The van der Waals surface area contributed by atoms with Crippen LogP contribution in [-0.2, 0) is 19.1 Å². The van der Waals surface area contributed by atoms with Crippen LogP contribution in [0.4, 0.5) is 11.4 Å². The Balaban J connectivity index is 2.49. The maximum absolute atomic E-state index is 12.8. The van der Waals surface area contributed by atoms with E-state index in [0.717, 1.165) is 142 Å². The Morgan fingerprint density at radius 1 is 0.441 bits per heavy atom. The lowest BCUT2D eigenvalue weighted by Crippen LogP contribution is -2.44. The van der Waals surface area contributed by atoms with Crippen LogP contribution in [0.3, 0.4) is 0 Å². The van der Waals surface area contributed by atoms with Gasteiger partial charge in [0.2, 0.25) is 0 Å². The van der Waals surface area contributed by atoms with E-state index in [0.29, 0.717) is 24.2 Å². The number of anilines is 2. The monoisotopic (exact) mass is 832 g/mol. The fraction of sp³-hybridized carbons (Fsp3) is 0.880. The summed E-state index contributed by atoms with van der Waals surface area (Å²) < 4.78 is 11.8. The highest BCUT2D eigenvalue weighted by Gasteiger charge is 2.25. The molecule has 0 aliphatic heterocycles. The standard InChI is InChI=1S/C50H93N3O6/c1-8-12-15-17-21-28-36-44(35-27-20-16-13-9-2)59-46(55)38-30-23-19-25-32-41-53(42-33-39-52(7)48-47(51(5)6)49(56)50(48)57)40-31-24-18-22-29-37-45(54)58-43(11-4)34-26-14-10-3/h43-44H,8-42H2,1-7H3. The summed E-state index contributed by atoms with van der Waals surface area (Å²) in [6, 6.07) is 0. The van der Waals surface area contributed by atoms with Gasteiger partial charge in [0.25, 0.3) is 10.9 Å². The molecule has 0 amide bonds. The number of hydrogen-bond donors (Lipinski definition) is 0. The van der Waals surface area contributed by atoms with Crippen LogP contribution in [0.2, 0.25) is 0 Å². The topological polar surface area (TPSA) is 96.5 Å². The molecule has 59 heavy (non-hydrogen) atoms. The molecular formula is C50H93N3O6. The van der Waals surface area contributed by atoms with Gasteiger partial charge in [0.1, 0.15) is 23.6 Å². The quantitative estimate of drug-likeness (QED) is 0.0362. The molecule has 0 radical (unpaired) electrons. The Labute approximate surface area is 362 Å². The first-order valence-electron chi connectivity index (χ1n) is 24.9. The third-order valence-electron chi connectivity index (χ3n) is 12.1. The molecule has 2 atom stereocenters. The second-order valence-electron chi connectivity index (χ2n) is 17.8. The lowest BCUT2D eigenvalue weighted by atomic mass is 10.0. The van der Waals surface area contributed by atoms with Crippen molar-refractivity contribution in [2.45, 2.75) is 239 Å². The van der Waals surface area contributed by atoms with Gasteiger partial charge in [-0.25, -0.2) is 0 Å². The minimum absolute atomic E-state index is 0.00464. The second kappa shape index (κ2) is 36.3. The van der Waals surface area contributed by atoms with Crippen LogP contribution >= 0.6 is 0 Å². The summed E-state index contributed by atoms with van der Waals surface area (Å²) in [6.07, 6.45) is 34.0. The van der Waals surface area contributed by atoms with E-state index < -0.39 is 0 Å². The van der Waals surface area contributed by atoms with E-state index >= 15 is 0 Å². The van der Waals surface area contributed by atoms with E-state index in [4.69, 9.17) is 9.47 Å². The van der Waals surface area contributed by atoms with Crippen molar-refractivity contribution in [1.29, 1.82) is 0 Å². The highest BCUT2D eigenvalue weighted by atomic mass is 16.5. The number of esters is 2. The molecule has 0 fully saturated rings. The molecule has 1 rings (SSSR count). The predicted octanol–water partition coefficient (Wildman–Crippen LogP) is 12.1. The first-order chi connectivity index (χ1) is 28.6. The van der Waals surface area contributed by atoms with Gasteiger partial charge in [-0.2, -0.15) is 0 Å². The molecule has 0 saturated heterocycles. The number of nitrogens with zero attached hydrogens (tertiary/aromatic N) is 3. The number of carbonyl (C=O) groups is 2. The van der Waals surface area contributed by atoms with Gasteiger partial charge in [0.15, 0.2) is 0 Å². The average molecular weight is 832 g/mol. The number of unbranched alkanes of at least 4 members (excludes halogenated alkanes) is 19. The minimum atomic E-state index is -0.388. The predicted molar refractivity (Wildman–Crippen MR) is 251 cm³/mol. The van der Waals surface area contributed by atoms with Gasteiger partial charge in [-0.05, 0) is 96.7 Å². The van der Waals surface area contributed by atoms with E-state index in [-0.39, 0.29) is 35.0 Å². The highest BCUT2D eigenvalue weighted by molar-refractivity contribution is 5.75. The zero-order valence-corrected chi connectivity index (χ0v) is 39.7. The van der Waals surface area contributed by atoms with E-state index in [1.165, 1.54) is 70.6 Å². The van der Waals surface area contributed by atoms with Crippen molar-refractivity contribution in [3.63, 3.8) is 0 Å². The maximum atomic E-state index is 12.8. The van der Waals surface area contributed by atoms with Gasteiger partial charge in [-0.3, -0.25) is 19.2 Å². The molecule has 0 bridgehead atoms. The Hall–Kier alpha value is -2.42. The van der Waals surface area contributed by atoms with Gasteiger partial charge in [-0.1, -0.05) is 137 Å². The van der Waals surface area contributed by atoms with Gasteiger partial charge in [0.05, 0.1) is 0 Å². The van der Waals surface area contributed by atoms with Crippen LogP contribution in [0.15, 0.2) is 9.59 Å². The van der Waals surface area contributed by atoms with Crippen molar-refractivity contribution in [3.05, 3.63) is 20.4 Å². The first-order valence-corrected chi connectivity index (χ1v) is 24.9. The molecule has 9 heteroatoms. The molecule has 1 aromatic rings. The molecule has 0 aliphatic carbocycles. The van der Waals surface area contributed by atoms with Crippen LogP contribution in [0.5, 0.6) is 0 Å². The number of hydrogen-bond acceptors (Lipinski definition) is 9. The average Bonchev–Trinajstić information content (AvgIpc) is 3.21. The van der Waals surface area contributed by atoms with Gasteiger partial charge in [-0.15, -0.1) is 0 Å². The van der Waals surface area contributed by atoms with E-state index in [1.54, 1.807) is 4.90 Å². The summed E-state index contributed by atoms with van der Waals surface area (Å²) in [4.78, 5) is 56.0. The molecule has 0 aromatic heterocycles. The van der Waals surface area contributed by atoms with Crippen molar-refractivity contribution in [2.24, 2.45) is 0 Å². The van der Waals surface area contributed by atoms with Crippen molar-refractivity contribution in [3.8, 4) is 0 Å². The lowest BCUT2D eigenvalue weighted by molar-refractivity contribution is -0.150. The zero-order chi connectivity index (χ0) is 43.5. The summed E-state index contributed by atoms with van der Waals surface area (Å²) in [7, 11) is 5.54. The third kappa shape index (κ3) is 26.5. The third-order valence-corrected chi connectivity index (χ3v) is 12.1. The summed E-state index contributed by atoms with van der Waals surface area (Å²) in [5, 5.41) is 0. The number of carbonyl (C=O) groups excluding carboxylic acids is 2. The van der Waals surface area contributed by atoms with E-state index in [2.05, 4.69) is 32.6 Å². The molecule has 9 nitrogen and oxygen atoms in total. The molecule has 0 saturated carbocycles. The van der Waals surface area contributed by atoms with Crippen molar-refractivity contribution >= 4 is 23.3 Å². The van der Waals surface area contributed by atoms with Crippen molar-refractivity contribution in [2.75, 3.05) is 57.1 Å². The fourth-order valence-electron chi connectivity index (χ4n) is 8.23. The van der Waals surface area contributed by atoms with Crippen LogP contribution in [0, 0.1) is 0 Å². The Bertz CT molecular complexity index is 1240. The lowest BCUT2D eigenvalue weighted by Gasteiger charge is -2.28. The minimum Gasteiger partial charge on any atom is -0.462 e. The maximum Gasteiger partial charge on any atom is 0.306 e. The summed E-state index contributed by atoms with van der Waals surface area (Å²) >= 11 is 0. The summed E-state index contributed by atoms with van der Waals surface area (Å²) in [5.74, 6) is -0.0446. The van der Waals surface area contributed by atoms with Crippen LogP contribution in [0.25, 0.3) is 0 Å². The first kappa shape index (κ1) is 54.6. The van der Waals surface area contributed by atoms with Crippen molar-refractivity contribution < 1.29 is 19.1 Å². The highest BCUT2D eigenvalue weighted by Crippen LogP contribution is 2.22. The Morgan fingerprint density at radius 3 is 1.31 bits per heavy atom. The Kier molecular flexibility index (Phi) is 33.5. The van der Waals surface area contributed by atoms with Crippen LogP contribution in [0.1, 0.15) is 227 Å². The Morgan fingerprint density at radius 2 is 0.814 bits per heavy atom. The molecule has 0 heterocycles. The molecule has 0 spiro atoms. The zero-order valence-electron chi connectivity index (χ0n) is 39.7. The second-order valence-corrected chi connectivity index (χ2v) is 17.8. The molecule has 0 N–H and O–H groups in total. The molecule has 344 valence electrons. The van der Waals surface area contributed by atoms with E-state index in [1.807, 2.05) is 26.0 Å². The van der Waals surface area contributed by atoms with Crippen LogP contribution in [-0.4, -0.2) is 76.4 Å². The fourth-order valence-corrected chi connectivity index (χ4v) is 8.23. The molecule has 1 aromatic carbocycles. The smallest absolute Gasteiger partial charge is 0.306 e. The summed E-state index contributed by atoms with van der Waals surface area (Å²) in [6.45, 7) is 12.6. The van der Waals surface area contributed by atoms with Gasteiger partial charge < -0.3 is 24.2 Å². The van der Waals surface area contributed by atoms with Gasteiger partial charge in [0, 0.05) is 40.5 Å². The number of rotatable bonds is 42. The molecule has 0 aliphatic rings. The van der Waals surface area contributed by atoms with Gasteiger partial charge >= 0.3 is 11.9 Å².